The van der Waals surface area contributed by atoms with Gasteiger partial charge in [0.25, 0.3) is 0 Å². The topological polar surface area (TPSA) is 49.3 Å². The minimum atomic E-state index is 0.0707. The first-order valence-corrected chi connectivity index (χ1v) is 9.56. The van der Waals surface area contributed by atoms with Gasteiger partial charge in [0, 0.05) is 36.9 Å². The number of thiophene rings is 1. The maximum atomic E-state index is 13.2. The van der Waals surface area contributed by atoms with Crippen molar-refractivity contribution in [2.75, 3.05) is 24.5 Å². The fourth-order valence-electron chi connectivity index (χ4n) is 3.88. The Balaban J connectivity index is 1.47. The number of carbonyl (C=O) groups is 1. The molecule has 0 radical (unpaired) electrons. The van der Waals surface area contributed by atoms with Crippen LogP contribution in [0.15, 0.2) is 36.1 Å². The molecular weight excluding hydrogens is 320 g/mol. The van der Waals surface area contributed by atoms with Gasteiger partial charge in [-0.15, -0.1) is 11.3 Å². The number of likely N-dealkylation sites (tertiary alicyclic amines) is 1. The zero-order valence-corrected chi connectivity index (χ0v) is 14.5. The fraction of sp³-hybridized carbons (Fsp3) is 0.500. The maximum Gasteiger partial charge on any atom is 0.228 e. The summed E-state index contributed by atoms with van der Waals surface area (Å²) in [6, 6.07) is 4.52. The molecule has 4 heterocycles. The fourth-order valence-corrected chi connectivity index (χ4v) is 4.76. The second kappa shape index (κ2) is 6.89. The van der Waals surface area contributed by atoms with E-state index >= 15 is 0 Å². The molecule has 0 aromatic carbocycles. The van der Waals surface area contributed by atoms with Crippen LogP contribution in [0.3, 0.4) is 0 Å². The van der Waals surface area contributed by atoms with Crippen molar-refractivity contribution in [1.82, 2.24) is 14.9 Å². The van der Waals surface area contributed by atoms with Gasteiger partial charge in [-0.2, -0.15) is 0 Å². The number of nitrogens with zero attached hydrogens (tertiary/aromatic N) is 4. The minimum absolute atomic E-state index is 0.0707. The molecule has 5 nitrogen and oxygen atoms in total. The monoisotopic (exact) mass is 342 g/mol. The third kappa shape index (κ3) is 3.02. The van der Waals surface area contributed by atoms with Gasteiger partial charge < -0.3 is 9.80 Å². The van der Waals surface area contributed by atoms with Crippen LogP contribution in [-0.4, -0.2) is 40.4 Å². The second-order valence-corrected chi connectivity index (χ2v) is 7.53. The van der Waals surface area contributed by atoms with E-state index in [0.29, 0.717) is 5.91 Å². The highest BCUT2D eigenvalue weighted by atomic mass is 32.1. The van der Waals surface area contributed by atoms with Crippen LogP contribution in [0, 0.1) is 5.92 Å². The lowest BCUT2D eigenvalue weighted by Gasteiger charge is -2.35. The lowest BCUT2D eigenvalue weighted by atomic mass is 9.96. The summed E-state index contributed by atoms with van der Waals surface area (Å²) in [6.07, 6.45) is 9.40. The standard InChI is InChI=1S/C18H22N4OS/c23-18(22-10-2-5-15(22)16-6-3-11-24-16)14-4-1-9-21(13-14)17-12-19-7-8-20-17/h3,6-8,11-12,14-15H,1-2,4-5,9-10,13H2/t14-,15-/m1/s1. The Hall–Kier alpha value is -1.95. The molecule has 0 saturated carbocycles. The van der Waals surface area contributed by atoms with Crippen molar-refractivity contribution >= 4 is 23.1 Å². The van der Waals surface area contributed by atoms with E-state index in [1.807, 2.05) is 0 Å². The van der Waals surface area contributed by atoms with E-state index < -0.39 is 0 Å². The summed E-state index contributed by atoms with van der Waals surface area (Å²) in [5.41, 5.74) is 0. The van der Waals surface area contributed by atoms with E-state index in [-0.39, 0.29) is 12.0 Å². The molecule has 0 unspecified atom stereocenters. The zero-order valence-electron chi connectivity index (χ0n) is 13.7. The van der Waals surface area contributed by atoms with Crippen LogP contribution in [0.2, 0.25) is 0 Å². The molecule has 0 aliphatic carbocycles. The number of hydrogen-bond donors (Lipinski definition) is 0. The molecule has 2 aliphatic heterocycles. The van der Waals surface area contributed by atoms with Crippen LogP contribution in [0.4, 0.5) is 5.82 Å². The summed E-state index contributed by atoms with van der Waals surface area (Å²) >= 11 is 1.76. The van der Waals surface area contributed by atoms with E-state index in [0.717, 1.165) is 51.1 Å². The highest BCUT2D eigenvalue weighted by molar-refractivity contribution is 7.10. The number of rotatable bonds is 3. The quantitative estimate of drug-likeness (QED) is 0.860. The Bertz CT molecular complexity index is 676. The lowest BCUT2D eigenvalue weighted by molar-refractivity contribution is -0.136. The summed E-state index contributed by atoms with van der Waals surface area (Å²) in [5, 5.41) is 2.10. The number of piperidine rings is 1. The Morgan fingerprint density at radius 3 is 2.92 bits per heavy atom. The van der Waals surface area contributed by atoms with Crippen molar-refractivity contribution in [3.63, 3.8) is 0 Å². The summed E-state index contributed by atoms with van der Waals surface area (Å²) in [5.74, 6) is 1.27. The van der Waals surface area contributed by atoms with Crippen LogP contribution in [0.5, 0.6) is 0 Å². The van der Waals surface area contributed by atoms with E-state index in [2.05, 4.69) is 37.3 Å². The molecule has 2 fully saturated rings. The van der Waals surface area contributed by atoms with Gasteiger partial charge in [-0.3, -0.25) is 9.78 Å². The molecule has 2 aromatic heterocycles. The van der Waals surface area contributed by atoms with Crippen molar-refractivity contribution in [1.29, 1.82) is 0 Å². The molecular formula is C18H22N4OS. The van der Waals surface area contributed by atoms with E-state index in [4.69, 9.17) is 0 Å². The largest absolute Gasteiger partial charge is 0.355 e. The van der Waals surface area contributed by atoms with Crippen LogP contribution >= 0.6 is 11.3 Å². The van der Waals surface area contributed by atoms with Crippen molar-refractivity contribution in [3.05, 3.63) is 41.0 Å². The summed E-state index contributed by atoms with van der Waals surface area (Å²) in [6.45, 7) is 2.60. The van der Waals surface area contributed by atoms with Crippen molar-refractivity contribution in [3.8, 4) is 0 Å². The predicted molar refractivity (Wildman–Crippen MR) is 95.0 cm³/mol. The molecule has 2 saturated heterocycles. The SMILES string of the molecule is O=C([C@@H]1CCCN(c2cnccn2)C1)N1CCC[C@@H]1c1cccs1. The van der Waals surface area contributed by atoms with Crippen molar-refractivity contribution < 1.29 is 4.79 Å². The highest BCUT2D eigenvalue weighted by Crippen LogP contribution is 2.36. The van der Waals surface area contributed by atoms with E-state index in [1.165, 1.54) is 4.88 Å². The third-order valence-corrected chi connectivity index (χ3v) is 6.03. The summed E-state index contributed by atoms with van der Waals surface area (Å²) in [7, 11) is 0. The normalized spacial score (nSPS) is 24.3. The molecule has 126 valence electrons. The van der Waals surface area contributed by atoms with Gasteiger partial charge >= 0.3 is 0 Å². The molecule has 2 aromatic rings. The van der Waals surface area contributed by atoms with Gasteiger partial charge in [-0.05, 0) is 37.1 Å². The number of anilines is 1. The summed E-state index contributed by atoms with van der Waals surface area (Å²) in [4.78, 5) is 27.3. The molecule has 4 rings (SSSR count). The van der Waals surface area contributed by atoms with Gasteiger partial charge in [0.1, 0.15) is 5.82 Å². The Morgan fingerprint density at radius 2 is 2.12 bits per heavy atom. The first kappa shape index (κ1) is 15.6. The van der Waals surface area contributed by atoms with E-state index in [9.17, 15) is 4.79 Å². The van der Waals surface area contributed by atoms with Crippen molar-refractivity contribution in [2.24, 2.45) is 5.92 Å². The van der Waals surface area contributed by atoms with Gasteiger partial charge in [0.2, 0.25) is 5.91 Å². The Morgan fingerprint density at radius 1 is 1.21 bits per heavy atom. The summed E-state index contributed by atoms with van der Waals surface area (Å²) < 4.78 is 0. The minimum Gasteiger partial charge on any atom is -0.355 e. The lowest BCUT2D eigenvalue weighted by Crippen LogP contribution is -2.44. The smallest absolute Gasteiger partial charge is 0.228 e. The zero-order chi connectivity index (χ0) is 16.4. The molecule has 6 heteroatoms. The van der Waals surface area contributed by atoms with Gasteiger partial charge in [0.05, 0.1) is 18.2 Å². The van der Waals surface area contributed by atoms with E-state index in [1.54, 1.807) is 29.9 Å². The number of aromatic nitrogens is 2. The number of carbonyl (C=O) groups excluding carboxylic acids is 1. The highest BCUT2D eigenvalue weighted by Gasteiger charge is 2.36. The number of amides is 1. The third-order valence-electron chi connectivity index (χ3n) is 5.05. The van der Waals surface area contributed by atoms with Crippen LogP contribution < -0.4 is 4.90 Å². The number of hydrogen-bond acceptors (Lipinski definition) is 5. The molecule has 0 N–H and O–H groups in total. The average molecular weight is 342 g/mol. The van der Waals surface area contributed by atoms with Gasteiger partial charge in [-0.1, -0.05) is 6.07 Å². The van der Waals surface area contributed by atoms with Crippen LogP contribution in [0.1, 0.15) is 36.6 Å². The molecule has 0 bridgehead atoms. The first-order valence-electron chi connectivity index (χ1n) is 8.68. The molecule has 1 amide bonds. The van der Waals surface area contributed by atoms with Crippen molar-refractivity contribution in [2.45, 2.75) is 31.7 Å². The maximum absolute atomic E-state index is 13.2. The Labute approximate surface area is 146 Å². The first-order chi connectivity index (χ1) is 11.8. The molecule has 2 atom stereocenters. The second-order valence-electron chi connectivity index (χ2n) is 6.55. The van der Waals surface area contributed by atoms with Crippen LogP contribution in [0.25, 0.3) is 0 Å². The molecule has 0 spiro atoms. The van der Waals surface area contributed by atoms with Gasteiger partial charge in [0.15, 0.2) is 0 Å². The van der Waals surface area contributed by atoms with Crippen LogP contribution in [-0.2, 0) is 4.79 Å². The molecule has 2 aliphatic rings. The Kier molecular flexibility index (Phi) is 4.47. The molecule has 24 heavy (non-hydrogen) atoms. The predicted octanol–water partition coefficient (Wildman–Crippen LogP) is 3.12. The average Bonchev–Trinajstić information content (AvgIpc) is 3.33. The van der Waals surface area contributed by atoms with Gasteiger partial charge in [-0.25, -0.2) is 4.98 Å².